The first-order chi connectivity index (χ1) is 6.77. The fraction of sp³-hybridized carbons (Fsp3) is 0.111. The molecule has 0 spiro atoms. The number of hydrogen-bond donors (Lipinski definition) is 1. The quantitative estimate of drug-likeness (QED) is 0.888. The molecule has 72 valence electrons. The van der Waals surface area contributed by atoms with Crippen molar-refractivity contribution in [1.29, 1.82) is 0 Å². The highest BCUT2D eigenvalue weighted by Gasteiger charge is 2.13. The van der Waals surface area contributed by atoms with Gasteiger partial charge in [0.15, 0.2) is 4.67 Å². The topological polar surface area (TPSA) is 64.9 Å². The Bertz CT molecular complexity index is 415. The number of nitrogens with zero attached hydrogens (tertiary/aromatic N) is 2. The first kappa shape index (κ1) is 9.36. The molecule has 4 nitrogen and oxygen atoms in total. The van der Waals surface area contributed by atoms with Gasteiger partial charge in [0.05, 0.1) is 11.9 Å². The molecule has 0 bridgehead atoms. The lowest BCUT2D eigenvalue weighted by atomic mass is 10.2. The van der Waals surface area contributed by atoms with Crippen LogP contribution in [0.4, 0.5) is 0 Å². The van der Waals surface area contributed by atoms with Gasteiger partial charge in [-0.3, -0.25) is 9.97 Å². The van der Waals surface area contributed by atoms with E-state index in [4.69, 9.17) is 10.2 Å². The Morgan fingerprint density at radius 1 is 1.36 bits per heavy atom. The van der Waals surface area contributed by atoms with Crippen molar-refractivity contribution in [2.45, 2.75) is 6.04 Å². The normalized spacial score (nSPS) is 12.7. The van der Waals surface area contributed by atoms with Crippen molar-refractivity contribution < 1.29 is 4.42 Å². The zero-order chi connectivity index (χ0) is 9.97. The van der Waals surface area contributed by atoms with Gasteiger partial charge >= 0.3 is 0 Å². The van der Waals surface area contributed by atoms with E-state index in [1.54, 1.807) is 24.7 Å². The lowest BCUT2D eigenvalue weighted by molar-refractivity contribution is 0.467. The summed E-state index contributed by atoms with van der Waals surface area (Å²) in [5.74, 6) is 0.664. The third-order valence-corrected chi connectivity index (χ3v) is 2.23. The Balaban J connectivity index is 2.29. The van der Waals surface area contributed by atoms with E-state index in [0.717, 1.165) is 0 Å². The van der Waals surface area contributed by atoms with Gasteiger partial charge in [0, 0.05) is 12.4 Å². The van der Waals surface area contributed by atoms with E-state index in [0.29, 0.717) is 16.1 Å². The maximum Gasteiger partial charge on any atom is 0.169 e. The maximum atomic E-state index is 5.91. The summed E-state index contributed by atoms with van der Waals surface area (Å²) < 4.78 is 5.98. The predicted octanol–water partition coefficient (Wildman–Crippen LogP) is 1.88. The molecule has 0 amide bonds. The number of halogens is 1. The monoisotopic (exact) mass is 253 g/mol. The van der Waals surface area contributed by atoms with Crippen molar-refractivity contribution in [3.63, 3.8) is 0 Å². The van der Waals surface area contributed by atoms with Gasteiger partial charge in [-0.05, 0) is 28.1 Å². The standard InChI is InChI=1S/C9H8BrN3O/c10-8-2-1-7(14-8)9(11)6-5-12-3-4-13-6/h1-5,9H,11H2. The van der Waals surface area contributed by atoms with Crippen LogP contribution in [0.2, 0.25) is 0 Å². The molecule has 0 aliphatic rings. The summed E-state index contributed by atoms with van der Waals surface area (Å²) in [5, 5.41) is 0. The molecule has 0 aromatic carbocycles. The second-order valence-electron chi connectivity index (χ2n) is 2.75. The summed E-state index contributed by atoms with van der Waals surface area (Å²) in [4.78, 5) is 8.04. The van der Waals surface area contributed by atoms with Gasteiger partial charge in [-0.25, -0.2) is 0 Å². The molecule has 0 radical (unpaired) electrons. The average molecular weight is 254 g/mol. The van der Waals surface area contributed by atoms with E-state index in [1.165, 1.54) is 0 Å². The number of aromatic nitrogens is 2. The molecule has 2 heterocycles. The molecule has 1 unspecified atom stereocenters. The molecular formula is C9H8BrN3O. The smallest absolute Gasteiger partial charge is 0.169 e. The first-order valence-electron chi connectivity index (χ1n) is 4.04. The predicted molar refractivity (Wildman–Crippen MR) is 54.5 cm³/mol. The van der Waals surface area contributed by atoms with Crippen LogP contribution in [0.5, 0.6) is 0 Å². The molecule has 5 heteroatoms. The highest BCUT2D eigenvalue weighted by Crippen LogP contribution is 2.22. The lowest BCUT2D eigenvalue weighted by Crippen LogP contribution is -2.12. The van der Waals surface area contributed by atoms with Crippen LogP contribution in [0.25, 0.3) is 0 Å². The van der Waals surface area contributed by atoms with Crippen LogP contribution in [0.3, 0.4) is 0 Å². The van der Waals surface area contributed by atoms with E-state index >= 15 is 0 Å². The van der Waals surface area contributed by atoms with Crippen LogP contribution in [-0.2, 0) is 0 Å². The van der Waals surface area contributed by atoms with Crippen molar-refractivity contribution >= 4 is 15.9 Å². The van der Waals surface area contributed by atoms with Gasteiger partial charge in [-0.2, -0.15) is 0 Å². The Hall–Kier alpha value is -1.20. The molecule has 2 aromatic heterocycles. The Kier molecular flexibility index (Phi) is 2.60. The third kappa shape index (κ3) is 1.83. The number of furan rings is 1. The van der Waals surface area contributed by atoms with E-state index < -0.39 is 0 Å². The summed E-state index contributed by atoms with van der Waals surface area (Å²) in [5.41, 5.74) is 6.60. The zero-order valence-electron chi connectivity index (χ0n) is 7.22. The minimum atomic E-state index is -0.366. The zero-order valence-corrected chi connectivity index (χ0v) is 8.81. The molecule has 0 saturated carbocycles. The number of hydrogen-bond acceptors (Lipinski definition) is 4. The van der Waals surface area contributed by atoms with Crippen LogP contribution < -0.4 is 5.73 Å². The Morgan fingerprint density at radius 2 is 2.21 bits per heavy atom. The molecule has 14 heavy (non-hydrogen) atoms. The van der Waals surface area contributed by atoms with Gasteiger partial charge in [0.25, 0.3) is 0 Å². The van der Waals surface area contributed by atoms with Crippen LogP contribution in [0, 0.1) is 0 Å². The highest BCUT2D eigenvalue weighted by molar-refractivity contribution is 9.10. The summed E-state index contributed by atoms with van der Waals surface area (Å²) in [6.45, 7) is 0. The molecule has 1 atom stereocenters. The van der Waals surface area contributed by atoms with Crippen molar-refractivity contribution in [2.24, 2.45) is 5.73 Å². The molecule has 0 aliphatic heterocycles. The lowest BCUT2D eigenvalue weighted by Gasteiger charge is -2.06. The van der Waals surface area contributed by atoms with Crippen molar-refractivity contribution in [3.05, 3.63) is 46.8 Å². The van der Waals surface area contributed by atoms with Crippen LogP contribution in [-0.4, -0.2) is 9.97 Å². The fourth-order valence-corrected chi connectivity index (χ4v) is 1.43. The third-order valence-electron chi connectivity index (χ3n) is 1.80. The van der Waals surface area contributed by atoms with Gasteiger partial charge < -0.3 is 10.2 Å². The van der Waals surface area contributed by atoms with Gasteiger partial charge in [0.1, 0.15) is 11.8 Å². The molecule has 2 N–H and O–H groups in total. The van der Waals surface area contributed by atoms with E-state index in [-0.39, 0.29) is 6.04 Å². The molecule has 0 saturated heterocycles. The molecule has 2 aromatic rings. The summed E-state index contributed by atoms with van der Waals surface area (Å²) in [6, 6.07) is 3.24. The van der Waals surface area contributed by atoms with E-state index in [2.05, 4.69) is 25.9 Å². The Morgan fingerprint density at radius 3 is 2.79 bits per heavy atom. The fourth-order valence-electron chi connectivity index (χ4n) is 1.11. The van der Waals surface area contributed by atoms with Gasteiger partial charge in [-0.15, -0.1) is 0 Å². The van der Waals surface area contributed by atoms with Gasteiger partial charge in [-0.1, -0.05) is 0 Å². The SMILES string of the molecule is NC(c1cnccn1)c1ccc(Br)o1. The minimum absolute atomic E-state index is 0.366. The molecule has 0 fully saturated rings. The number of rotatable bonds is 2. The average Bonchev–Trinajstić information content (AvgIpc) is 2.65. The van der Waals surface area contributed by atoms with Crippen LogP contribution in [0.15, 0.2) is 39.8 Å². The molecule has 2 rings (SSSR count). The highest BCUT2D eigenvalue weighted by atomic mass is 79.9. The van der Waals surface area contributed by atoms with Crippen molar-refractivity contribution in [3.8, 4) is 0 Å². The van der Waals surface area contributed by atoms with E-state index in [9.17, 15) is 0 Å². The maximum absolute atomic E-state index is 5.91. The second-order valence-corrected chi connectivity index (χ2v) is 3.53. The summed E-state index contributed by atoms with van der Waals surface area (Å²) >= 11 is 3.21. The second kappa shape index (κ2) is 3.89. The number of nitrogens with two attached hydrogens (primary N) is 1. The summed E-state index contributed by atoms with van der Waals surface area (Å²) in [6.07, 6.45) is 4.84. The Labute approximate surface area is 89.3 Å². The minimum Gasteiger partial charge on any atom is -0.452 e. The van der Waals surface area contributed by atoms with E-state index in [1.807, 2.05) is 6.07 Å². The van der Waals surface area contributed by atoms with Gasteiger partial charge in [0.2, 0.25) is 0 Å². The first-order valence-corrected chi connectivity index (χ1v) is 4.83. The van der Waals surface area contributed by atoms with Crippen LogP contribution in [0.1, 0.15) is 17.5 Å². The molecular weight excluding hydrogens is 246 g/mol. The van der Waals surface area contributed by atoms with Crippen molar-refractivity contribution in [1.82, 2.24) is 9.97 Å². The van der Waals surface area contributed by atoms with Crippen LogP contribution >= 0.6 is 15.9 Å². The molecule has 0 aliphatic carbocycles. The largest absolute Gasteiger partial charge is 0.452 e. The summed E-state index contributed by atoms with van der Waals surface area (Å²) in [7, 11) is 0. The van der Waals surface area contributed by atoms with Crippen molar-refractivity contribution in [2.75, 3.05) is 0 Å².